The van der Waals surface area contributed by atoms with Crippen molar-refractivity contribution in [3.05, 3.63) is 94.0 Å². The zero-order chi connectivity index (χ0) is 26.2. The highest BCUT2D eigenvalue weighted by Crippen LogP contribution is 2.22. The third kappa shape index (κ3) is 7.84. The van der Waals surface area contributed by atoms with Crippen LogP contribution in [0.4, 0.5) is 4.39 Å². The standard InChI is InChI=1S/C28H30BrFN4O3/c1-19(35)33-24(15-27-28(36)34(10-9-32-27)17-20-5-3-2-4-6-20)12-21-11-23(30)14-25(13-21)37-18-22-7-8-31-16-26(22)29/h2-8,11,13-14,16,24,27,32H,9-10,12,15,17-18H2,1H3,(H,33,35)/t24-,27-/m0/s1. The highest BCUT2D eigenvalue weighted by atomic mass is 79.9. The first kappa shape index (κ1) is 26.8. The molecule has 4 rings (SSSR count). The predicted molar refractivity (Wildman–Crippen MR) is 142 cm³/mol. The molecule has 1 saturated heterocycles. The van der Waals surface area contributed by atoms with E-state index < -0.39 is 11.9 Å². The average molecular weight is 569 g/mol. The summed E-state index contributed by atoms with van der Waals surface area (Å²) in [6.45, 7) is 3.52. The van der Waals surface area contributed by atoms with Crippen molar-refractivity contribution in [1.82, 2.24) is 20.5 Å². The summed E-state index contributed by atoms with van der Waals surface area (Å²) in [5, 5.41) is 6.23. The zero-order valence-corrected chi connectivity index (χ0v) is 22.2. The Morgan fingerprint density at radius 2 is 2.05 bits per heavy atom. The second-order valence-electron chi connectivity index (χ2n) is 9.14. The zero-order valence-electron chi connectivity index (χ0n) is 20.6. The fourth-order valence-electron chi connectivity index (χ4n) is 4.49. The minimum atomic E-state index is -0.442. The van der Waals surface area contributed by atoms with Crippen molar-refractivity contribution in [1.29, 1.82) is 0 Å². The molecule has 0 unspecified atom stereocenters. The quantitative estimate of drug-likeness (QED) is 0.386. The van der Waals surface area contributed by atoms with Gasteiger partial charge in [0.15, 0.2) is 0 Å². The van der Waals surface area contributed by atoms with Gasteiger partial charge in [-0.25, -0.2) is 4.39 Å². The number of nitrogens with one attached hydrogen (secondary N) is 2. The number of piperazine rings is 1. The SMILES string of the molecule is CC(=O)N[C@@H](Cc1cc(F)cc(OCc2ccncc2Br)c1)C[C@@H]1NCCN(Cc2ccccc2)C1=O. The summed E-state index contributed by atoms with van der Waals surface area (Å²) < 4.78 is 21.1. The van der Waals surface area contributed by atoms with E-state index in [-0.39, 0.29) is 24.5 Å². The summed E-state index contributed by atoms with van der Waals surface area (Å²) in [7, 11) is 0. The van der Waals surface area contributed by atoms with Gasteiger partial charge in [0.05, 0.1) is 6.04 Å². The van der Waals surface area contributed by atoms with Gasteiger partial charge >= 0.3 is 0 Å². The van der Waals surface area contributed by atoms with Crippen LogP contribution in [0.5, 0.6) is 5.75 Å². The van der Waals surface area contributed by atoms with Crippen molar-refractivity contribution in [3.63, 3.8) is 0 Å². The number of pyridine rings is 1. The Morgan fingerprint density at radius 3 is 2.81 bits per heavy atom. The van der Waals surface area contributed by atoms with Crippen LogP contribution < -0.4 is 15.4 Å². The summed E-state index contributed by atoms with van der Waals surface area (Å²) in [5.41, 5.74) is 2.63. The lowest BCUT2D eigenvalue weighted by atomic mass is 9.97. The third-order valence-electron chi connectivity index (χ3n) is 6.19. The second kappa shape index (κ2) is 12.8. The number of carbonyl (C=O) groups excluding carboxylic acids is 2. The van der Waals surface area contributed by atoms with Gasteiger partial charge in [0.2, 0.25) is 11.8 Å². The van der Waals surface area contributed by atoms with E-state index in [2.05, 4.69) is 31.5 Å². The van der Waals surface area contributed by atoms with Gasteiger partial charge in [0, 0.05) is 61.1 Å². The van der Waals surface area contributed by atoms with E-state index in [4.69, 9.17) is 4.74 Å². The molecule has 7 nitrogen and oxygen atoms in total. The molecule has 0 aliphatic carbocycles. The van der Waals surface area contributed by atoms with Gasteiger partial charge in [0.25, 0.3) is 0 Å². The number of rotatable bonds is 10. The van der Waals surface area contributed by atoms with Crippen LogP contribution in [0.1, 0.15) is 30.0 Å². The van der Waals surface area contributed by atoms with E-state index in [9.17, 15) is 14.0 Å². The highest BCUT2D eigenvalue weighted by Gasteiger charge is 2.31. The summed E-state index contributed by atoms with van der Waals surface area (Å²) in [6.07, 6.45) is 4.09. The first-order valence-corrected chi connectivity index (χ1v) is 13.0. The lowest BCUT2D eigenvalue weighted by Crippen LogP contribution is -2.56. The molecule has 2 amide bonds. The maximum absolute atomic E-state index is 14.5. The lowest BCUT2D eigenvalue weighted by molar-refractivity contribution is -0.137. The number of aromatic nitrogens is 1. The summed E-state index contributed by atoms with van der Waals surface area (Å²) >= 11 is 3.44. The van der Waals surface area contributed by atoms with Crippen LogP contribution in [-0.2, 0) is 29.2 Å². The van der Waals surface area contributed by atoms with Gasteiger partial charge in [-0.15, -0.1) is 0 Å². The molecule has 1 aliphatic heterocycles. The lowest BCUT2D eigenvalue weighted by Gasteiger charge is -2.35. The van der Waals surface area contributed by atoms with Crippen LogP contribution >= 0.6 is 15.9 Å². The van der Waals surface area contributed by atoms with Crippen LogP contribution in [0, 0.1) is 5.82 Å². The summed E-state index contributed by atoms with van der Waals surface area (Å²) in [6, 6.07) is 15.4. The molecule has 1 fully saturated rings. The second-order valence-corrected chi connectivity index (χ2v) is 9.99. The van der Waals surface area contributed by atoms with E-state index in [0.29, 0.717) is 43.8 Å². The minimum absolute atomic E-state index is 0.00310. The number of benzene rings is 2. The largest absolute Gasteiger partial charge is 0.489 e. The number of amides is 2. The Hall–Kier alpha value is -3.30. The van der Waals surface area contributed by atoms with Gasteiger partial charge in [-0.1, -0.05) is 30.3 Å². The smallest absolute Gasteiger partial charge is 0.240 e. The third-order valence-corrected chi connectivity index (χ3v) is 6.90. The number of hydrogen-bond donors (Lipinski definition) is 2. The average Bonchev–Trinajstić information content (AvgIpc) is 2.86. The summed E-state index contributed by atoms with van der Waals surface area (Å²) in [5.74, 6) is -0.244. The van der Waals surface area contributed by atoms with Crippen LogP contribution in [0.15, 0.2) is 71.5 Å². The molecule has 37 heavy (non-hydrogen) atoms. The first-order valence-electron chi connectivity index (χ1n) is 12.2. The molecule has 0 saturated carbocycles. The molecule has 3 aromatic rings. The maximum atomic E-state index is 14.5. The monoisotopic (exact) mass is 568 g/mol. The fourth-order valence-corrected chi connectivity index (χ4v) is 4.86. The van der Waals surface area contributed by atoms with Crippen molar-refractivity contribution in [3.8, 4) is 5.75 Å². The van der Waals surface area contributed by atoms with Gasteiger partial charge in [0.1, 0.15) is 18.2 Å². The molecule has 1 aromatic heterocycles. The molecular weight excluding hydrogens is 539 g/mol. The van der Waals surface area contributed by atoms with E-state index >= 15 is 0 Å². The predicted octanol–water partition coefficient (Wildman–Crippen LogP) is 4.00. The van der Waals surface area contributed by atoms with Crippen LogP contribution in [0.25, 0.3) is 0 Å². The van der Waals surface area contributed by atoms with Gasteiger partial charge in [-0.3, -0.25) is 14.6 Å². The summed E-state index contributed by atoms with van der Waals surface area (Å²) in [4.78, 5) is 31.1. The Morgan fingerprint density at radius 1 is 1.24 bits per heavy atom. The van der Waals surface area contributed by atoms with Crippen molar-refractivity contribution in [2.45, 2.75) is 45.0 Å². The molecule has 1 aliphatic rings. The van der Waals surface area contributed by atoms with Gasteiger partial charge in [-0.05, 0) is 58.1 Å². The van der Waals surface area contributed by atoms with Crippen LogP contribution in [-0.4, -0.2) is 46.9 Å². The molecule has 2 aromatic carbocycles. The molecule has 2 heterocycles. The van der Waals surface area contributed by atoms with E-state index in [1.807, 2.05) is 41.3 Å². The van der Waals surface area contributed by atoms with Gasteiger partial charge in [-0.2, -0.15) is 0 Å². The first-order chi connectivity index (χ1) is 17.9. The molecule has 194 valence electrons. The molecule has 0 spiro atoms. The van der Waals surface area contributed by atoms with Gasteiger partial charge < -0.3 is 20.3 Å². The van der Waals surface area contributed by atoms with Crippen LogP contribution in [0.2, 0.25) is 0 Å². The number of hydrogen-bond acceptors (Lipinski definition) is 5. The van der Waals surface area contributed by atoms with Crippen molar-refractivity contribution < 1.29 is 18.7 Å². The Bertz CT molecular complexity index is 1230. The normalized spacial score (nSPS) is 16.4. The number of halogens is 2. The molecule has 9 heteroatoms. The number of ether oxygens (including phenoxy) is 1. The topological polar surface area (TPSA) is 83.6 Å². The van der Waals surface area contributed by atoms with E-state index in [0.717, 1.165) is 15.6 Å². The Labute approximate surface area is 224 Å². The Balaban J connectivity index is 1.43. The fraction of sp³-hybridized carbons (Fsp3) is 0.321. The van der Waals surface area contributed by atoms with E-state index in [1.54, 1.807) is 18.5 Å². The van der Waals surface area contributed by atoms with E-state index in [1.165, 1.54) is 19.1 Å². The van der Waals surface area contributed by atoms with Crippen molar-refractivity contribution >= 4 is 27.7 Å². The molecule has 2 atom stereocenters. The molecule has 0 bridgehead atoms. The minimum Gasteiger partial charge on any atom is -0.489 e. The number of carbonyl (C=O) groups is 2. The maximum Gasteiger partial charge on any atom is 0.240 e. The Kier molecular flexibility index (Phi) is 9.24. The van der Waals surface area contributed by atoms with Crippen molar-refractivity contribution in [2.75, 3.05) is 13.1 Å². The highest BCUT2D eigenvalue weighted by molar-refractivity contribution is 9.10. The number of nitrogens with zero attached hydrogens (tertiary/aromatic N) is 2. The van der Waals surface area contributed by atoms with Crippen molar-refractivity contribution in [2.24, 2.45) is 0 Å². The van der Waals surface area contributed by atoms with Crippen LogP contribution in [0.3, 0.4) is 0 Å². The molecule has 2 N–H and O–H groups in total. The molecular formula is C28H30BrFN4O3. The molecule has 0 radical (unpaired) electrons.